The predicted molar refractivity (Wildman–Crippen MR) is 123 cm³/mol. The summed E-state index contributed by atoms with van der Waals surface area (Å²) in [6.07, 6.45) is 5.34. The van der Waals surface area contributed by atoms with E-state index in [-0.39, 0.29) is 21.7 Å². The maximum Gasteiger partial charge on any atom is 0.258 e. The summed E-state index contributed by atoms with van der Waals surface area (Å²) in [5, 5.41) is 0. The number of hydrogen-bond acceptors (Lipinski definition) is 5. The van der Waals surface area contributed by atoms with Gasteiger partial charge in [0.2, 0.25) is 10.0 Å². The van der Waals surface area contributed by atoms with Crippen molar-refractivity contribution in [2.45, 2.75) is 54.9 Å². The molecule has 1 unspecified atom stereocenters. The molecule has 1 atom stereocenters. The van der Waals surface area contributed by atoms with Gasteiger partial charge in [0, 0.05) is 36.6 Å². The van der Waals surface area contributed by atoms with Gasteiger partial charge in [-0.15, -0.1) is 0 Å². The molecular formula is C23H28N2O5S2. The van der Waals surface area contributed by atoms with Crippen molar-refractivity contribution in [1.82, 2.24) is 4.31 Å². The van der Waals surface area contributed by atoms with Gasteiger partial charge in [0.05, 0.1) is 9.79 Å². The van der Waals surface area contributed by atoms with Crippen molar-refractivity contribution in [1.29, 1.82) is 0 Å². The zero-order chi connectivity index (χ0) is 23.1. The average Bonchev–Trinajstić information content (AvgIpc) is 2.77. The van der Waals surface area contributed by atoms with E-state index in [0.717, 1.165) is 31.2 Å². The number of fused-ring (bicyclic) bond motifs is 1. The Labute approximate surface area is 190 Å². The van der Waals surface area contributed by atoms with Crippen LogP contribution in [0.4, 0.5) is 5.69 Å². The molecule has 2 aromatic carbocycles. The Balaban J connectivity index is 1.59. The van der Waals surface area contributed by atoms with Crippen molar-refractivity contribution in [2.24, 2.45) is 0 Å². The Morgan fingerprint density at radius 2 is 1.59 bits per heavy atom. The Bertz CT molecular complexity index is 1240. The second-order valence-corrected chi connectivity index (χ2v) is 12.5. The summed E-state index contributed by atoms with van der Waals surface area (Å²) in [6.45, 7) is 2.97. The summed E-state index contributed by atoms with van der Waals surface area (Å²) in [6, 6.07) is 10.9. The highest BCUT2D eigenvalue weighted by atomic mass is 32.2. The number of nitrogens with zero attached hydrogens (tertiary/aromatic N) is 2. The van der Waals surface area contributed by atoms with Gasteiger partial charge in [-0.05, 0) is 80.6 Å². The van der Waals surface area contributed by atoms with E-state index in [9.17, 15) is 21.6 Å². The van der Waals surface area contributed by atoms with Crippen LogP contribution in [0.1, 0.15) is 48.5 Å². The molecule has 1 saturated heterocycles. The number of amides is 1. The number of carbonyl (C=O) groups excluding carboxylic acids is 1. The third-order valence-electron chi connectivity index (χ3n) is 6.29. The number of sulfonamides is 1. The van der Waals surface area contributed by atoms with Crippen LogP contribution in [0, 0.1) is 0 Å². The number of aryl methyl sites for hydroxylation is 1. The summed E-state index contributed by atoms with van der Waals surface area (Å²) in [4.78, 5) is 15.3. The fourth-order valence-electron chi connectivity index (χ4n) is 4.50. The maximum atomic E-state index is 13.2. The molecule has 2 aliphatic heterocycles. The fraction of sp³-hybridized carbons (Fsp3) is 0.435. The van der Waals surface area contributed by atoms with Crippen LogP contribution in [0.25, 0.3) is 0 Å². The van der Waals surface area contributed by atoms with Gasteiger partial charge in [-0.2, -0.15) is 4.31 Å². The van der Waals surface area contributed by atoms with Crippen LogP contribution in [0.3, 0.4) is 0 Å². The molecule has 7 nitrogen and oxygen atoms in total. The first-order valence-electron chi connectivity index (χ1n) is 10.9. The van der Waals surface area contributed by atoms with Crippen LogP contribution in [-0.4, -0.2) is 52.4 Å². The predicted octanol–water partition coefficient (Wildman–Crippen LogP) is 3.25. The highest BCUT2D eigenvalue weighted by molar-refractivity contribution is 7.90. The van der Waals surface area contributed by atoms with Crippen molar-refractivity contribution in [3.8, 4) is 0 Å². The van der Waals surface area contributed by atoms with Gasteiger partial charge in [-0.25, -0.2) is 16.8 Å². The molecule has 4 rings (SSSR count). The minimum atomic E-state index is -3.59. The standard InChI is InChI=1S/C23H28N2O5S2/c1-17-6-3-4-15-25(17)32(29,30)20-10-8-18(9-11-20)23(26)24-14-5-7-19-16-21(31(2,27)28)12-13-22(19)24/h8-13,16-17H,3-7,14-15H2,1-2H3. The van der Waals surface area contributed by atoms with Gasteiger partial charge >= 0.3 is 0 Å². The molecule has 2 aromatic rings. The lowest BCUT2D eigenvalue weighted by molar-refractivity contribution is 0.0985. The Morgan fingerprint density at radius 1 is 0.906 bits per heavy atom. The third-order valence-corrected chi connectivity index (χ3v) is 9.43. The van der Waals surface area contributed by atoms with E-state index < -0.39 is 19.9 Å². The Hall–Kier alpha value is -2.23. The molecule has 2 aliphatic rings. The molecular weight excluding hydrogens is 448 g/mol. The van der Waals surface area contributed by atoms with Crippen molar-refractivity contribution >= 4 is 31.5 Å². The van der Waals surface area contributed by atoms with E-state index in [0.29, 0.717) is 30.8 Å². The molecule has 0 radical (unpaired) electrons. The second-order valence-electron chi connectivity index (χ2n) is 8.61. The molecule has 9 heteroatoms. The van der Waals surface area contributed by atoms with E-state index in [4.69, 9.17) is 0 Å². The lowest BCUT2D eigenvalue weighted by atomic mass is 10.0. The Morgan fingerprint density at radius 3 is 2.25 bits per heavy atom. The largest absolute Gasteiger partial charge is 0.308 e. The molecule has 0 aromatic heterocycles. The van der Waals surface area contributed by atoms with Gasteiger partial charge in [-0.3, -0.25) is 4.79 Å². The summed E-state index contributed by atoms with van der Waals surface area (Å²) in [5.41, 5.74) is 1.92. The highest BCUT2D eigenvalue weighted by Crippen LogP contribution is 2.31. The molecule has 1 amide bonds. The van der Waals surface area contributed by atoms with Crippen molar-refractivity contribution in [2.75, 3.05) is 24.2 Å². The van der Waals surface area contributed by atoms with Crippen molar-refractivity contribution in [3.05, 3.63) is 53.6 Å². The summed E-state index contributed by atoms with van der Waals surface area (Å²) in [7, 11) is -6.92. The highest BCUT2D eigenvalue weighted by Gasteiger charge is 2.31. The molecule has 0 saturated carbocycles. The molecule has 0 N–H and O–H groups in total. The lowest BCUT2D eigenvalue weighted by Crippen LogP contribution is -2.41. The van der Waals surface area contributed by atoms with Gasteiger partial charge < -0.3 is 4.90 Å². The maximum absolute atomic E-state index is 13.2. The summed E-state index contributed by atoms with van der Waals surface area (Å²) < 4.78 is 51.4. The number of rotatable bonds is 4. The number of carbonyl (C=O) groups is 1. The number of hydrogen-bond donors (Lipinski definition) is 0. The first-order valence-corrected chi connectivity index (χ1v) is 14.2. The SMILES string of the molecule is CC1CCCCN1S(=O)(=O)c1ccc(C(=O)N2CCCc3cc(S(C)(=O)=O)ccc32)cc1. The molecule has 1 fully saturated rings. The van der Waals surface area contributed by atoms with E-state index in [1.807, 2.05) is 6.92 Å². The van der Waals surface area contributed by atoms with Crippen molar-refractivity contribution < 1.29 is 21.6 Å². The number of piperidine rings is 1. The first-order chi connectivity index (χ1) is 15.1. The topological polar surface area (TPSA) is 91.8 Å². The quantitative estimate of drug-likeness (QED) is 0.676. The number of anilines is 1. The smallest absolute Gasteiger partial charge is 0.258 e. The van der Waals surface area contributed by atoms with Gasteiger partial charge in [-0.1, -0.05) is 6.42 Å². The fourth-order valence-corrected chi connectivity index (χ4v) is 6.88. The van der Waals surface area contributed by atoms with Crippen LogP contribution < -0.4 is 4.90 Å². The van der Waals surface area contributed by atoms with Crippen LogP contribution in [0.15, 0.2) is 52.3 Å². The number of benzene rings is 2. The summed E-state index contributed by atoms with van der Waals surface area (Å²) >= 11 is 0. The van der Waals surface area contributed by atoms with Crippen LogP contribution >= 0.6 is 0 Å². The minimum absolute atomic E-state index is 0.0308. The van der Waals surface area contributed by atoms with E-state index in [1.165, 1.54) is 24.5 Å². The average molecular weight is 477 g/mol. The molecule has 0 spiro atoms. The minimum Gasteiger partial charge on any atom is -0.308 e. The lowest BCUT2D eigenvalue weighted by Gasteiger charge is -2.32. The zero-order valence-corrected chi connectivity index (χ0v) is 20.0. The van der Waals surface area contributed by atoms with Gasteiger partial charge in [0.15, 0.2) is 9.84 Å². The number of sulfone groups is 1. The van der Waals surface area contributed by atoms with Gasteiger partial charge in [0.1, 0.15) is 0 Å². The van der Waals surface area contributed by atoms with Crippen LogP contribution in [-0.2, 0) is 26.3 Å². The normalized spacial score (nSPS) is 20.1. The van der Waals surface area contributed by atoms with Crippen LogP contribution in [0.5, 0.6) is 0 Å². The second kappa shape index (κ2) is 8.61. The first kappa shape index (κ1) is 22.9. The van der Waals surface area contributed by atoms with E-state index in [2.05, 4.69) is 0 Å². The monoisotopic (exact) mass is 476 g/mol. The molecule has 0 aliphatic carbocycles. The van der Waals surface area contributed by atoms with Crippen molar-refractivity contribution in [3.63, 3.8) is 0 Å². The molecule has 0 bridgehead atoms. The zero-order valence-electron chi connectivity index (χ0n) is 18.3. The summed E-state index contributed by atoms with van der Waals surface area (Å²) in [5.74, 6) is -0.228. The molecule has 2 heterocycles. The van der Waals surface area contributed by atoms with E-state index in [1.54, 1.807) is 33.5 Å². The molecule has 172 valence electrons. The molecule has 32 heavy (non-hydrogen) atoms. The van der Waals surface area contributed by atoms with Crippen LogP contribution in [0.2, 0.25) is 0 Å². The van der Waals surface area contributed by atoms with Gasteiger partial charge in [0.25, 0.3) is 5.91 Å². The Kier molecular flexibility index (Phi) is 6.17. The third kappa shape index (κ3) is 4.33. The van der Waals surface area contributed by atoms with E-state index >= 15 is 0 Å².